The summed E-state index contributed by atoms with van der Waals surface area (Å²) in [6, 6.07) is 8.37. The van der Waals surface area contributed by atoms with Gasteiger partial charge in [-0.3, -0.25) is 9.59 Å². The molecular formula is C23H26N2O9S. The average Bonchev–Trinajstić information content (AvgIpc) is 2.84. The first-order valence-electron chi connectivity index (χ1n) is 10.6. The molecule has 3 N–H and O–H groups in total. The molecule has 0 fully saturated rings. The van der Waals surface area contributed by atoms with Crippen LogP contribution in [0.25, 0.3) is 0 Å². The molecule has 1 unspecified atom stereocenters. The van der Waals surface area contributed by atoms with Crippen LogP contribution in [-0.4, -0.2) is 67.1 Å². The molecule has 0 aliphatic carbocycles. The Balaban J connectivity index is 1.99. The number of hydrogen-bond acceptors (Lipinski definition) is 7. The zero-order chi connectivity index (χ0) is 25.8. The van der Waals surface area contributed by atoms with Gasteiger partial charge in [-0.15, -0.1) is 0 Å². The number of carbonyl (C=O) groups is 3. The van der Waals surface area contributed by atoms with Crippen LogP contribution in [0, 0.1) is 0 Å². The van der Waals surface area contributed by atoms with Crippen LogP contribution in [-0.2, 0) is 37.4 Å². The normalized spacial score (nSPS) is 16.6. The molecule has 0 aromatic heterocycles. The van der Waals surface area contributed by atoms with E-state index < -0.39 is 46.4 Å². The number of aliphatic carboxylic acids is 2. The van der Waals surface area contributed by atoms with Gasteiger partial charge in [-0.05, 0) is 36.1 Å². The van der Waals surface area contributed by atoms with Gasteiger partial charge < -0.3 is 25.0 Å². The fourth-order valence-corrected chi connectivity index (χ4v) is 5.46. The summed E-state index contributed by atoms with van der Waals surface area (Å²) < 4.78 is 38.7. The standard InChI is InChI=1S/C23H26N2O9S/c1-33-19-9-7-16(12-20(19)34-2)35(31,32)25-13-15-6-4-3-5-14(15)11-18(25)22(28)24-17(23(29)30)8-10-21(26)27/h3-7,9,12,17-18H,8,10-11,13H2,1-2H3,(H,24,28)(H,26,27)(H,29,30)/t17?,18-/m0/s1. The van der Waals surface area contributed by atoms with Crippen LogP contribution in [0.5, 0.6) is 11.5 Å². The van der Waals surface area contributed by atoms with Crippen molar-refractivity contribution in [3.05, 3.63) is 53.6 Å². The van der Waals surface area contributed by atoms with Crippen molar-refractivity contribution < 1.29 is 42.5 Å². The molecule has 0 saturated carbocycles. The predicted octanol–water partition coefficient (Wildman–Crippen LogP) is 1.25. The minimum Gasteiger partial charge on any atom is -0.493 e. The number of carbonyl (C=O) groups excluding carboxylic acids is 1. The number of amides is 1. The molecule has 1 heterocycles. The first kappa shape index (κ1) is 26.0. The molecule has 3 rings (SSSR count). The van der Waals surface area contributed by atoms with E-state index in [2.05, 4.69) is 5.32 Å². The van der Waals surface area contributed by atoms with E-state index in [1.807, 2.05) is 0 Å². The fraction of sp³-hybridized carbons (Fsp3) is 0.348. The van der Waals surface area contributed by atoms with Crippen molar-refractivity contribution in [2.24, 2.45) is 0 Å². The molecule has 2 aromatic rings. The zero-order valence-corrected chi connectivity index (χ0v) is 19.9. The summed E-state index contributed by atoms with van der Waals surface area (Å²) >= 11 is 0. The number of methoxy groups -OCH3 is 2. The highest BCUT2D eigenvalue weighted by Crippen LogP contribution is 2.34. The number of benzene rings is 2. The third-order valence-electron chi connectivity index (χ3n) is 5.73. The van der Waals surface area contributed by atoms with E-state index in [9.17, 15) is 27.9 Å². The van der Waals surface area contributed by atoms with Gasteiger partial charge in [-0.2, -0.15) is 4.31 Å². The molecule has 12 heteroatoms. The molecule has 0 radical (unpaired) electrons. The van der Waals surface area contributed by atoms with Gasteiger partial charge in [0.1, 0.15) is 12.1 Å². The van der Waals surface area contributed by atoms with Gasteiger partial charge in [0.15, 0.2) is 11.5 Å². The SMILES string of the molecule is COc1ccc(S(=O)(=O)N2Cc3ccccc3C[C@H]2C(=O)NC(CCC(=O)O)C(=O)O)cc1OC. The van der Waals surface area contributed by atoms with Crippen molar-refractivity contribution in [1.29, 1.82) is 0 Å². The number of rotatable bonds is 10. The molecule has 2 atom stereocenters. The van der Waals surface area contributed by atoms with Gasteiger partial charge in [-0.25, -0.2) is 13.2 Å². The topological polar surface area (TPSA) is 160 Å². The van der Waals surface area contributed by atoms with Crippen LogP contribution in [0.15, 0.2) is 47.4 Å². The van der Waals surface area contributed by atoms with Crippen LogP contribution in [0.2, 0.25) is 0 Å². The van der Waals surface area contributed by atoms with Crippen molar-refractivity contribution in [3.8, 4) is 11.5 Å². The second-order valence-electron chi connectivity index (χ2n) is 7.89. The summed E-state index contributed by atoms with van der Waals surface area (Å²) in [6.07, 6.45) is -0.805. The van der Waals surface area contributed by atoms with E-state index >= 15 is 0 Å². The highest BCUT2D eigenvalue weighted by atomic mass is 32.2. The number of nitrogens with zero attached hydrogens (tertiary/aromatic N) is 1. The van der Waals surface area contributed by atoms with E-state index in [1.165, 1.54) is 32.4 Å². The highest BCUT2D eigenvalue weighted by Gasteiger charge is 2.41. The summed E-state index contributed by atoms with van der Waals surface area (Å²) in [7, 11) is -1.46. The molecule has 0 bridgehead atoms. The van der Waals surface area contributed by atoms with Gasteiger partial charge in [0.25, 0.3) is 0 Å². The van der Waals surface area contributed by atoms with Crippen molar-refractivity contribution in [2.75, 3.05) is 14.2 Å². The Kier molecular flexibility index (Phi) is 7.97. The minimum absolute atomic E-state index is 0.0137. The Bertz CT molecular complexity index is 1230. The summed E-state index contributed by atoms with van der Waals surface area (Å²) in [5, 5.41) is 20.6. The maximum atomic E-state index is 13.7. The number of hydrogen-bond donors (Lipinski definition) is 3. The third-order valence-corrected chi connectivity index (χ3v) is 7.58. The lowest BCUT2D eigenvalue weighted by molar-refractivity contribution is -0.143. The Hall–Kier alpha value is -3.64. The number of carboxylic acids is 2. The second-order valence-corrected chi connectivity index (χ2v) is 9.78. The fourth-order valence-electron chi connectivity index (χ4n) is 3.88. The summed E-state index contributed by atoms with van der Waals surface area (Å²) in [5.74, 6) is -2.94. The van der Waals surface area contributed by atoms with E-state index in [0.717, 1.165) is 9.87 Å². The maximum absolute atomic E-state index is 13.7. The molecular weight excluding hydrogens is 480 g/mol. The van der Waals surface area contributed by atoms with E-state index in [-0.39, 0.29) is 30.0 Å². The monoisotopic (exact) mass is 506 g/mol. The quantitative estimate of drug-likeness (QED) is 0.431. The van der Waals surface area contributed by atoms with Gasteiger partial charge >= 0.3 is 11.9 Å². The van der Waals surface area contributed by atoms with E-state index in [4.69, 9.17) is 14.6 Å². The number of nitrogens with one attached hydrogen (secondary N) is 1. The molecule has 35 heavy (non-hydrogen) atoms. The predicted molar refractivity (Wildman–Crippen MR) is 123 cm³/mol. The molecule has 2 aromatic carbocycles. The summed E-state index contributed by atoms with van der Waals surface area (Å²) in [5.41, 5.74) is 1.46. The van der Waals surface area contributed by atoms with Gasteiger partial charge in [-0.1, -0.05) is 24.3 Å². The largest absolute Gasteiger partial charge is 0.493 e. The number of ether oxygens (including phenoxy) is 2. The maximum Gasteiger partial charge on any atom is 0.326 e. The van der Waals surface area contributed by atoms with Gasteiger partial charge in [0.05, 0.1) is 19.1 Å². The highest BCUT2D eigenvalue weighted by molar-refractivity contribution is 7.89. The van der Waals surface area contributed by atoms with E-state index in [0.29, 0.717) is 11.3 Å². The van der Waals surface area contributed by atoms with Crippen LogP contribution >= 0.6 is 0 Å². The number of fused-ring (bicyclic) bond motifs is 1. The summed E-state index contributed by atoms with van der Waals surface area (Å²) in [4.78, 5) is 35.5. The van der Waals surface area contributed by atoms with Crippen molar-refractivity contribution >= 4 is 27.9 Å². The second kappa shape index (κ2) is 10.7. The minimum atomic E-state index is -4.24. The van der Waals surface area contributed by atoms with Gasteiger partial charge in [0.2, 0.25) is 15.9 Å². The van der Waals surface area contributed by atoms with Crippen LogP contribution in [0.4, 0.5) is 0 Å². The van der Waals surface area contributed by atoms with Crippen molar-refractivity contribution in [2.45, 2.75) is 42.8 Å². The summed E-state index contributed by atoms with van der Waals surface area (Å²) in [6.45, 7) is -0.113. The van der Waals surface area contributed by atoms with Gasteiger partial charge in [0, 0.05) is 19.0 Å². The first-order chi connectivity index (χ1) is 16.6. The Labute approximate surface area is 202 Å². The Morgan fingerprint density at radius 3 is 2.31 bits per heavy atom. The van der Waals surface area contributed by atoms with Crippen LogP contribution in [0.3, 0.4) is 0 Å². The molecule has 1 aliphatic heterocycles. The molecule has 1 amide bonds. The van der Waals surface area contributed by atoms with Crippen LogP contribution in [0.1, 0.15) is 24.0 Å². The average molecular weight is 507 g/mol. The molecule has 0 saturated heterocycles. The van der Waals surface area contributed by atoms with Crippen LogP contribution < -0.4 is 14.8 Å². The molecule has 188 valence electrons. The number of sulfonamides is 1. The Morgan fingerprint density at radius 2 is 1.71 bits per heavy atom. The lowest BCUT2D eigenvalue weighted by atomic mass is 9.95. The molecule has 11 nitrogen and oxygen atoms in total. The lowest BCUT2D eigenvalue weighted by Gasteiger charge is -2.35. The third kappa shape index (κ3) is 5.72. The first-order valence-corrected chi connectivity index (χ1v) is 12.1. The van der Waals surface area contributed by atoms with Crippen molar-refractivity contribution in [1.82, 2.24) is 9.62 Å². The van der Waals surface area contributed by atoms with Crippen molar-refractivity contribution in [3.63, 3.8) is 0 Å². The Morgan fingerprint density at radius 1 is 1.06 bits per heavy atom. The molecule has 0 spiro atoms. The number of carboxylic acid groups (broad SMARTS) is 2. The smallest absolute Gasteiger partial charge is 0.326 e. The lowest BCUT2D eigenvalue weighted by Crippen LogP contribution is -2.55. The van der Waals surface area contributed by atoms with E-state index in [1.54, 1.807) is 24.3 Å². The zero-order valence-electron chi connectivity index (χ0n) is 19.1. The molecule has 1 aliphatic rings.